The Kier molecular flexibility index (Phi) is 7.40. The van der Waals surface area contributed by atoms with Gasteiger partial charge in [-0.2, -0.15) is 0 Å². The summed E-state index contributed by atoms with van der Waals surface area (Å²) in [5.74, 6) is 0.312. The van der Waals surface area contributed by atoms with Crippen LogP contribution in [0, 0.1) is 13.8 Å². The van der Waals surface area contributed by atoms with Crippen LogP contribution < -0.4 is 10.5 Å². The number of para-hydroxylation sites is 1. The maximum Gasteiger partial charge on any atom is 0.262 e. The fourth-order valence-corrected chi connectivity index (χ4v) is 5.01. The summed E-state index contributed by atoms with van der Waals surface area (Å²) in [6, 6.07) is 13.4. The average Bonchev–Trinajstić information content (AvgIpc) is 2.81. The van der Waals surface area contributed by atoms with Crippen LogP contribution in [0.1, 0.15) is 27.9 Å². The summed E-state index contributed by atoms with van der Waals surface area (Å²) in [4.78, 5) is 32.4. The first-order valence-corrected chi connectivity index (χ1v) is 12.2. The smallest absolute Gasteiger partial charge is 0.262 e. The topological polar surface area (TPSA) is 65.6 Å². The quantitative estimate of drug-likeness (QED) is 0.323. The number of morpholine rings is 1. The van der Waals surface area contributed by atoms with Crippen LogP contribution in [0.25, 0.3) is 10.9 Å². The summed E-state index contributed by atoms with van der Waals surface area (Å²) in [6.07, 6.45) is 0.883. The van der Waals surface area contributed by atoms with E-state index in [1.54, 1.807) is 4.57 Å². The molecule has 2 heterocycles. The number of nitrogens with one attached hydrogen (secondary N) is 1. The summed E-state index contributed by atoms with van der Waals surface area (Å²) in [5.41, 5.74) is 3.42. The second kappa shape index (κ2) is 10.4. The lowest BCUT2D eigenvalue weighted by Crippen LogP contribution is -3.14. The summed E-state index contributed by atoms with van der Waals surface area (Å²) in [6.45, 7) is 9.16. The van der Waals surface area contributed by atoms with Crippen molar-refractivity contribution in [3.05, 3.63) is 69.5 Å². The molecule has 0 amide bonds. The summed E-state index contributed by atoms with van der Waals surface area (Å²) >= 11 is 1.36. The number of aryl methyl sites for hydroxylation is 2. The summed E-state index contributed by atoms with van der Waals surface area (Å²) in [7, 11) is 0. The molecule has 0 atom stereocenters. The maximum absolute atomic E-state index is 13.2. The van der Waals surface area contributed by atoms with E-state index in [1.165, 1.54) is 16.7 Å². The molecule has 2 aromatic carbocycles. The third-order valence-electron chi connectivity index (χ3n) is 5.96. The van der Waals surface area contributed by atoms with E-state index in [9.17, 15) is 9.59 Å². The molecule has 1 saturated heterocycles. The molecular formula is C25H30N3O3S+. The van der Waals surface area contributed by atoms with E-state index in [-0.39, 0.29) is 17.1 Å². The summed E-state index contributed by atoms with van der Waals surface area (Å²) in [5, 5.41) is 1.24. The Hall–Kier alpha value is -2.48. The van der Waals surface area contributed by atoms with Crippen LogP contribution in [0.4, 0.5) is 0 Å². The number of Topliss-reactive ketones (excluding diaryl/α,β-unsaturated/α-hetero) is 1. The highest BCUT2D eigenvalue weighted by molar-refractivity contribution is 7.99. The van der Waals surface area contributed by atoms with Crippen molar-refractivity contribution < 1.29 is 14.4 Å². The average molecular weight is 453 g/mol. The van der Waals surface area contributed by atoms with Gasteiger partial charge in [0, 0.05) is 18.5 Å². The molecule has 6 nitrogen and oxygen atoms in total. The molecule has 0 saturated carbocycles. The monoisotopic (exact) mass is 452 g/mol. The first-order valence-electron chi connectivity index (χ1n) is 11.2. The number of thioether (sulfide) groups is 1. The van der Waals surface area contributed by atoms with Gasteiger partial charge in [-0.15, -0.1) is 0 Å². The minimum Gasteiger partial charge on any atom is -0.370 e. The first kappa shape index (κ1) is 22.7. The molecule has 168 valence electrons. The number of rotatable bonds is 8. The van der Waals surface area contributed by atoms with E-state index in [4.69, 9.17) is 9.72 Å². The van der Waals surface area contributed by atoms with Gasteiger partial charge in [-0.3, -0.25) is 14.2 Å². The lowest BCUT2D eigenvalue weighted by atomic mass is 10.0. The molecule has 4 rings (SSSR count). The molecule has 32 heavy (non-hydrogen) atoms. The lowest BCUT2D eigenvalue weighted by Gasteiger charge is -2.24. The zero-order valence-corrected chi connectivity index (χ0v) is 19.5. The van der Waals surface area contributed by atoms with Crippen LogP contribution >= 0.6 is 11.8 Å². The molecule has 3 aromatic rings. The van der Waals surface area contributed by atoms with Gasteiger partial charge in [-0.1, -0.05) is 41.6 Å². The Morgan fingerprint density at radius 3 is 2.75 bits per heavy atom. The predicted molar refractivity (Wildman–Crippen MR) is 128 cm³/mol. The van der Waals surface area contributed by atoms with Crippen molar-refractivity contribution in [1.82, 2.24) is 9.55 Å². The first-order chi connectivity index (χ1) is 15.5. The van der Waals surface area contributed by atoms with E-state index in [0.717, 1.165) is 56.0 Å². The molecule has 1 aliphatic heterocycles. The van der Waals surface area contributed by atoms with E-state index in [2.05, 4.69) is 0 Å². The largest absolute Gasteiger partial charge is 0.370 e. The normalized spacial score (nSPS) is 14.7. The predicted octanol–water partition coefficient (Wildman–Crippen LogP) is 2.29. The van der Waals surface area contributed by atoms with Crippen molar-refractivity contribution in [2.24, 2.45) is 0 Å². The van der Waals surface area contributed by atoms with Gasteiger partial charge in [-0.05, 0) is 37.6 Å². The maximum atomic E-state index is 13.2. The Morgan fingerprint density at radius 1 is 1.16 bits per heavy atom. The fraction of sp³-hybridized carbons (Fsp3) is 0.400. The van der Waals surface area contributed by atoms with E-state index in [0.29, 0.717) is 22.6 Å². The van der Waals surface area contributed by atoms with Crippen LogP contribution in [0.5, 0.6) is 0 Å². The second-order valence-electron chi connectivity index (χ2n) is 8.36. The fourth-order valence-electron chi connectivity index (χ4n) is 4.10. The molecule has 7 heteroatoms. The highest BCUT2D eigenvalue weighted by Gasteiger charge is 2.17. The minimum atomic E-state index is -0.0331. The Balaban J connectivity index is 1.54. The van der Waals surface area contributed by atoms with Crippen LogP contribution in [0.15, 0.2) is 52.4 Å². The third kappa shape index (κ3) is 5.28. The number of hydrogen-bond donors (Lipinski definition) is 1. The van der Waals surface area contributed by atoms with Gasteiger partial charge in [0.2, 0.25) is 0 Å². The Labute approximate surface area is 192 Å². The number of aromatic nitrogens is 2. The molecule has 1 fully saturated rings. The Bertz CT molecular complexity index is 1170. The molecule has 0 spiro atoms. The van der Waals surface area contributed by atoms with Gasteiger partial charge in [-0.25, -0.2) is 4.98 Å². The standard InChI is InChI=1S/C25H29N3O3S/c1-18-8-9-19(2)21(16-18)23(29)17-32-25-26-22-7-4-3-6-20(22)24(30)28(25)11-5-10-27-12-14-31-15-13-27/h3-4,6-9,16H,5,10-15,17H2,1-2H3/p+1. The molecule has 1 N–H and O–H groups in total. The SMILES string of the molecule is Cc1ccc(C)c(C(=O)CSc2nc3ccccc3c(=O)n2CCC[NH+]2CCOCC2)c1. The molecule has 0 radical (unpaired) electrons. The molecular weight excluding hydrogens is 422 g/mol. The number of quaternary nitrogens is 1. The van der Waals surface area contributed by atoms with Crippen molar-refractivity contribution in [3.8, 4) is 0 Å². The van der Waals surface area contributed by atoms with Crippen molar-refractivity contribution in [1.29, 1.82) is 0 Å². The zero-order chi connectivity index (χ0) is 22.5. The number of hydrogen-bond acceptors (Lipinski definition) is 5. The van der Waals surface area contributed by atoms with Crippen molar-refractivity contribution in [3.63, 3.8) is 0 Å². The number of nitrogens with zero attached hydrogens (tertiary/aromatic N) is 2. The highest BCUT2D eigenvalue weighted by atomic mass is 32.2. The van der Waals surface area contributed by atoms with Crippen LogP contribution in [0.2, 0.25) is 0 Å². The molecule has 0 aliphatic carbocycles. The van der Waals surface area contributed by atoms with Gasteiger partial charge in [0.1, 0.15) is 13.1 Å². The number of fused-ring (bicyclic) bond motifs is 1. The number of ketones is 1. The Morgan fingerprint density at radius 2 is 1.94 bits per heavy atom. The van der Waals surface area contributed by atoms with Crippen molar-refractivity contribution in [2.75, 3.05) is 38.6 Å². The van der Waals surface area contributed by atoms with E-state index in [1.807, 2.05) is 56.3 Å². The lowest BCUT2D eigenvalue weighted by molar-refractivity contribution is -0.908. The summed E-state index contributed by atoms with van der Waals surface area (Å²) < 4.78 is 7.19. The molecule has 0 unspecified atom stereocenters. The van der Waals surface area contributed by atoms with Crippen molar-refractivity contribution >= 4 is 28.4 Å². The van der Waals surface area contributed by atoms with Crippen LogP contribution in [-0.2, 0) is 11.3 Å². The van der Waals surface area contributed by atoms with E-state index >= 15 is 0 Å². The van der Waals surface area contributed by atoms with Gasteiger partial charge < -0.3 is 9.64 Å². The van der Waals surface area contributed by atoms with Gasteiger partial charge in [0.05, 0.1) is 36.4 Å². The number of benzene rings is 2. The number of carbonyl (C=O) groups is 1. The van der Waals surface area contributed by atoms with Crippen LogP contribution in [-0.4, -0.2) is 53.9 Å². The van der Waals surface area contributed by atoms with Crippen molar-refractivity contribution in [2.45, 2.75) is 32.0 Å². The highest BCUT2D eigenvalue weighted by Crippen LogP contribution is 2.21. The number of ether oxygens (including phenoxy) is 1. The second-order valence-corrected chi connectivity index (χ2v) is 9.31. The van der Waals surface area contributed by atoms with Gasteiger partial charge in [0.15, 0.2) is 10.9 Å². The van der Waals surface area contributed by atoms with Gasteiger partial charge >= 0.3 is 0 Å². The minimum absolute atomic E-state index is 0.0331. The zero-order valence-electron chi connectivity index (χ0n) is 18.7. The van der Waals surface area contributed by atoms with E-state index < -0.39 is 0 Å². The van der Waals surface area contributed by atoms with Crippen LogP contribution in [0.3, 0.4) is 0 Å². The molecule has 1 aromatic heterocycles. The third-order valence-corrected chi connectivity index (χ3v) is 6.94. The molecule has 1 aliphatic rings. The number of carbonyl (C=O) groups excluding carboxylic acids is 1. The van der Waals surface area contributed by atoms with Gasteiger partial charge in [0.25, 0.3) is 5.56 Å². The molecule has 0 bridgehead atoms.